The van der Waals surface area contributed by atoms with Gasteiger partial charge in [-0.15, -0.1) is 0 Å². The molecular formula is C25H27N7O. The van der Waals surface area contributed by atoms with Crippen LogP contribution in [0.2, 0.25) is 0 Å². The van der Waals surface area contributed by atoms with Gasteiger partial charge in [-0.05, 0) is 49.1 Å². The molecule has 0 spiro atoms. The van der Waals surface area contributed by atoms with Gasteiger partial charge in [-0.1, -0.05) is 12.1 Å². The van der Waals surface area contributed by atoms with Gasteiger partial charge >= 0.3 is 0 Å². The molecule has 8 heteroatoms. The third-order valence-electron chi connectivity index (χ3n) is 6.23. The zero-order valence-corrected chi connectivity index (χ0v) is 18.3. The summed E-state index contributed by atoms with van der Waals surface area (Å²) >= 11 is 0. The number of aromatic nitrogens is 3. The molecule has 0 bridgehead atoms. The first-order chi connectivity index (χ1) is 16.1. The average Bonchev–Trinajstić information content (AvgIpc) is 3.50. The molecule has 1 atom stereocenters. The first kappa shape index (κ1) is 21.0. The van der Waals surface area contributed by atoms with E-state index in [4.69, 9.17) is 16.1 Å². The van der Waals surface area contributed by atoms with Crippen LogP contribution in [0.5, 0.6) is 0 Å². The van der Waals surface area contributed by atoms with Crippen molar-refractivity contribution >= 4 is 34.7 Å². The van der Waals surface area contributed by atoms with Crippen LogP contribution in [-0.4, -0.2) is 45.4 Å². The summed E-state index contributed by atoms with van der Waals surface area (Å²) < 4.78 is 1.94. The van der Waals surface area contributed by atoms with Gasteiger partial charge < -0.3 is 30.9 Å². The van der Waals surface area contributed by atoms with Crippen molar-refractivity contribution in [2.75, 3.05) is 35.6 Å². The zero-order chi connectivity index (χ0) is 22.8. The molecular weight excluding hydrogens is 414 g/mol. The molecule has 2 aromatic carbocycles. The van der Waals surface area contributed by atoms with E-state index in [0.717, 1.165) is 48.5 Å². The molecule has 2 aromatic heterocycles. The Morgan fingerprint density at radius 3 is 2.82 bits per heavy atom. The monoisotopic (exact) mass is 441 g/mol. The number of nitrogen functional groups attached to an aromatic ring is 1. The van der Waals surface area contributed by atoms with Crippen LogP contribution < -0.4 is 16.0 Å². The zero-order valence-electron chi connectivity index (χ0n) is 18.3. The van der Waals surface area contributed by atoms with Gasteiger partial charge in [-0.25, -0.2) is 9.97 Å². The molecule has 0 amide bonds. The molecule has 1 aliphatic rings. The van der Waals surface area contributed by atoms with E-state index in [2.05, 4.69) is 39.5 Å². The molecule has 0 radical (unpaired) electrons. The van der Waals surface area contributed by atoms with Gasteiger partial charge in [0.25, 0.3) is 0 Å². The van der Waals surface area contributed by atoms with Crippen LogP contribution in [0.15, 0.2) is 61.1 Å². The van der Waals surface area contributed by atoms with Crippen molar-refractivity contribution in [2.45, 2.75) is 12.8 Å². The second-order valence-corrected chi connectivity index (χ2v) is 8.41. The Hall–Kier alpha value is -3.91. The van der Waals surface area contributed by atoms with Gasteiger partial charge in [-0.2, -0.15) is 0 Å². The minimum Gasteiger partial charge on any atom is -0.398 e. The number of benzene rings is 2. The van der Waals surface area contributed by atoms with E-state index in [-0.39, 0.29) is 6.61 Å². The van der Waals surface area contributed by atoms with Crippen LogP contribution in [0.4, 0.5) is 22.9 Å². The molecule has 1 aliphatic heterocycles. The first-order valence-corrected chi connectivity index (χ1v) is 11.1. The Kier molecular flexibility index (Phi) is 5.66. The predicted octanol–water partition coefficient (Wildman–Crippen LogP) is 3.93. The normalized spacial score (nSPS) is 15.8. The summed E-state index contributed by atoms with van der Waals surface area (Å²) in [7, 11) is 0. The highest BCUT2D eigenvalue weighted by atomic mass is 16.3. The molecule has 4 aromatic rings. The lowest BCUT2D eigenvalue weighted by Gasteiger charge is -2.19. The number of aliphatic hydroxyl groups is 1. The molecule has 168 valence electrons. The number of imidazole rings is 1. The van der Waals surface area contributed by atoms with Gasteiger partial charge in [-0.3, -0.25) is 0 Å². The minimum atomic E-state index is 0.259. The second-order valence-electron chi connectivity index (χ2n) is 8.41. The molecule has 5 rings (SSSR count). The fraction of sp³-hybridized carbons (Fsp3) is 0.240. The van der Waals surface area contributed by atoms with E-state index in [0.29, 0.717) is 23.0 Å². The SMILES string of the molecule is N=Cc1ccc(-c2cn3ccnc3c(Nc3ccc(N4CCC(CCO)C4)cc3)n2)cc1N. The quantitative estimate of drug-likeness (QED) is 0.255. The Morgan fingerprint density at radius 2 is 2.06 bits per heavy atom. The Labute approximate surface area is 192 Å². The average molecular weight is 442 g/mol. The maximum Gasteiger partial charge on any atom is 0.180 e. The second kappa shape index (κ2) is 8.91. The first-order valence-electron chi connectivity index (χ1n) is 11.1. The van der Waals surface area contributed by atoms with Crippen LogP contribution in [0, 0.1) is 11.3 Å². The van der Waals surface area contributed by atoms with Crippen molar-refractivity contribution in [2.24, 2.45) is 5.92 Å². The number of nitrogens with zero attached hydrogens (tertiary/aromatic N) is 4. The van der Waals surface area contributed by atoms with Crippen LogP contribution >= 0.6 is 0 Å². The summed E-state index contributed by atoms with van der Waals surface area (Å²) in [4.78, 5) is 11.7. The van der Waals surface area contributed by atoms with E-state index in [1.54, 1.807) is 6.20 Å². The standard InChI is InChI=1S/C25H27N7O/c26-14-19-2-1-18(13-22(19)27)23-16-32-11-9-28-25(32)24(30-23)29-20-3-5-21(6-4-20)31-10-7-17(15-31)8-12-33/h1-6,9,11,13-14,16-17,26,33H,7-8,10,12,15,27H2,(H,29,30). The van der Waals surface area contributed by atoms with Crippen molar-refractivity contribution in [3.63, 3.8) is 0 Å². The molecule has 1 saturated heterocycles. The number of nitrogens with two attached hydrogens (primary N) is 1. The molecule has 1 fully saturated rings. The largest absolute Gasteiger partial charge is 0.398 e. The smallest absolute Gasteiger partial charge is 0.180 e. The molecule has 5 N–H and O–H groups in total. The van der Waals surface area contributed by atoms with Crippen LogP contribution in [0.1, 0.15) is 18.4 Å². The molecule has 1 unspecified atom stereocenters. The highest BCUT2D eigenvalue weighted by Gasteiger charge is 2.22. The summed E-state index contributed by atoms with van der Waals surface area (Å²) in [5.74, 6) is 1.22. The van der Waals surface area contributed by atoms with Gasteiger partial charge in [0.15, 0.2) is 11.5 Å². The molecule has 33 heavy (non-hydrogen) atoms. The Bertz CT molecular complexity index is 1280. The van der Waals surface area contributed by atoms with Gasteiger partial charge in [0.05, 0.1) is 5.69 Å². The predicted molar refractivity (Wildman–Crippen MR) is 132 cm³/mol. The fourth-order valence-electron chi connectivity index (χ4n) is 4.40. The molecule has 3 heterocycles. The summed E-state index contributed by atoms with van der Waals surface area (Å²) in [6.45, 7) is 2.27. The summed E-state index contributed by atoms with van der Waals surface area (Å²) in [6, 6.07) is 13.9. The lowest BCUT2D eigenvalue weighted by Crippen LogP contribution is -2.19. The van der Waals surface area contributed by atoms with Crippen LogP contribution in [0.3, 0.4) is 0 Å². The van der Waals surface area contributed by atoms with E-state index in [1.807, 2.05) is 35.0 Å². The molecule has 0 saturated carbocycles. The Morgan fingerprint density at radius 1 is 1.21 bits per heavy atom. The van der Waals surface area contributed by atoms with Crippen LogP contribution in [0.25, 0.3) is 16.9 Å². The number of hydrogen-bond donors (Lipinski definition) is 4. The minimum absolute atomic E-state index is 0.259. The van der Waals surface area contributed by atoms with E-state index < -0.39 is 0 Å². The highest BCUT2D eigenvalue weighted by Crippen LogP contribution is 2.29. The van der Waals surface area contributed by atoms with Crippen LogP contribution in [-0.2, 0) is 0 Å². The number of nitrogens with one attached hydrogen (secondary N) is 2. The topological polar surface area (TPSA) is 116 Å². The summed E-state index contributed by atoms with van der Waals surface area (Å²) in [5, 5.41) is 20.1. The summed E-state index contributed by atoms with van der Waals surface area (Å²) in [5.41, 5.74) is 11.8. The number of aliphatic hydroxyl groups excluding tert-OH is 1. The lowest BCUT2D eigenvalue weighted by molar-refractivity contribution is 0.263. The number of rotatable bonds is 7. The number of fused-ring (bicyclic) bond motifs is 1. The van der Waals surface area contributed by atoms with Crippen molar-refractivity contribution in [3.05, 3.63) is 66.6 Å². The maximum absolute atomic E-state index is 9.19. The van der Waals surface area contributed by atoms with Crippen molar-refractivity contribution < 1.29 is 5.11 Å². The number of anilines is 4. The van der Waals surface area contributed by atoms with Crippen molar-refractivity contribution in [1.29, 1.82) is 5.41 Å². The maximum atomic E-state index is 9.19. The summed E-state index contributed by atoms with van der Waals surface area (Å²) in [6.07, 6.45) is 8.80. The van der Waals surface area contributed by atoms with E-state index in [1.165, 1.54) is 11.9 Å². The third kappa shape index (κ3) is 4.25. The fourth-order valence-corrected chi connectivity index (χ4v) is 4.40. The van der Waals surface area contributed by atoms with E-state index >= 15 is 0 Å². The Balaban J connectivity index is 1.40. The van der Waals surface area contributed by atoms with Gasteiger partial charge in [0, 0.05) is 72.7 Å². The van der Waals surface area contributed by atoms with E-state index in [9.17, 15) is 5.11 Å². The van der Waals surface area contributed by atoms with Gasteiger partial charge in [0.2, 0.25) is 0 Å². The third-order valence-corrected chi connectivity index (χ3v) is 6.23. The van der Waals surface area contributed by atoms with Crippen molar-refractivity contribution in [3.8, 4) is 11.3 Å². The number of hydrogen-bond acceptors (Lipinski definition) is 7. The molecule has 0 aliphatic carbocycles. The highest BCUT2D eigenvalue weighted by molar-refractivity contribution is 5.87. The van der Waals surface area contributed by atoms with Gasteiger partial charge in [0.1, 0.15) is 0 Å². The van der Waals surface area contributed by atoms with Crippen molar-refractivity contribution in [1.82, 2.24) is 14.4 Å². The molecule has 8 nitrogen and oxygen atoms in total. The lowest BCUT2D eigenvalue weighted by atomic mass is 10.1.